The molecule has 4 rings (SSSR count). The lowest BCUT2D eigenvalue weighted by Crippen LogP contribution is -2.45. The third-order valence-corrected chi connectivity index (χ3v) is 6.58. The largest absolute Gasteiger partial charge is 0.490 e. The zero-order valence-corrected chi connectivity index (χ0v) is 23.7. The maximum absolute atomic E-state index is 12.4. The fourth-order valence-corrected chi connectivity index (χ4v) is 4.71. The zero-order chi connectivity index (χ0) is 29.5. The summed E-state index contributed by atoms with van der Waals surface area (Å²) in [5, 5.41) is 20.0. The lowest BCUT2D eigenvalue weighted by Gasteiger charge is -2.28. The van der Waals surface area contributed by atoms with Gasteiger partial charge in [0.15, 0.2) is 17.7 Å². The predicted octanol–water partition coefficient (Wildman–Crippen LogP) is 3.61. The van der Waals surface area contributed by atoms with Crippen LogP contribution < -0.4 is 25.5 Å². The van der Waals surface area contributed by atoms with E-state index in [1.165, 1.54) is 7.11 Å². The number of nitrogens with zero attached hydrogens (tertiary/aromatic N) is 2. The molecule has 0 unspecified atom stereocenters. The molecule has 2 aromatic carbocycles. The van der Waals surface area contributed by atoms with Gasteiger partial charge >= 0.3 is 12.0 Å². The van der Waals surface area contributed by atoms with E-state index < -0.39 is 24.3 Å². The van der Waals surface area contributed by atoms with Crippen molar-refractivity contribution in [3.63, 3.8) is 0 Å². The van der Waals surface area contributed by atoms with Crippen molar-refractivity contribution in [2.75, 3.05) is 20.3 Å². The van der Waals surface area contributed by atoms with Gasteiger partial charge in [-0.25, -0.2) is 9.59 Å². The molecule has 1 aliphatic heterocycles. The van der Waals surface area contributed by atoms with Gasteiger partial charge in [-0.15, -0.1) is 0 Å². The zero-order valence-electron chi connectivity index (χ0n) is 23.7. The minimum absolute atomic E-state index is 0.115. The summed E-state index contributed by atoms with van der Waals surface area (Å²) in [5.74, 6) is 0.214. The molecule has 11 nitrogen and oxygen atoms in total. The summed E-state index contributed by atoms with van der Waals surface area (Å²) in [4.78, 5) is 24.6. The van der Waals surface area contributed by atoms with E-state index in [4.69, 9.17) is 14.2 Å². The number of aliphatic hydroxyl groups excluding tert-OH is 1. The molecule has 41 heavy (non-hydrogen) atoms. The van der Waals surface area contributed by atoms with Gasteiger partial charge in [0.25, 0.3) is 0 Å². The molecule has 216 valence electrons. The number of carbonyl (C=O) groups excluding carboxylic acids is 2. The van der Waals surface area contributed by atoms with Crippen LogP contribution in [0.2, 0.25) is 0 Å². The standard InChI is InChI=1S/C30H35N5O6/c1-6-40-25-15-21(28-27(29(37)39-5)19(3)32-30(38)33-28)12-13-24(25)41-17-26(36)34-31-16-22-14-18(2)35(20(22)4)23-10-8-7-9-11-23/h7-16,26,28,34,36H,6,17H2,1-5H3,(H2,32,33,38)/b31-16+/t26-,28+/m1/s1. The number of aliphatic hydroxyl groups is 1. The van der Waals surface area contributed by atoms with Crippen molar-refractivity contribution in [3.05, 3.63) is 88.4 Å². The van der Waals surface area contributed by atoms with E-state index >= 15 is 0 Å². The maximum atomic E-state index is 12.4. The maximum Gasteiger partial charge on any atom is 0.337 e. The number of hydrogen-bond donors (Lipinski definition) is 4. The molecular weight excluding hydrogens is 526 g/mol. The summed E-state index contributed by atoms with van der Waals surface area (Å²) in [7, 11) is 1.28. The molecule has 3 aromatic rings. The summed E-state index contributed by atoms with van der Waals surface area (Å²) < 4.78 is 18.6. The van der Waals surface area contributed by atoms with Crippen molar-refractivity contribution in [3.8, 4) is 17.2 Å². The van der Waals surface area contributed by atoms with E-state index in [-0.39, 0.29) is 12.2 Å². The van der Waals surface area contributed by atoms with E-state index in [0.29, 0.717) is 29.4 Å². The van der Waals surface area contributed by atoms with Gasteiger partial charge in [-0.2, -0.15) is 5.10 Å². The van der Waals surface area contributed by atoms with Crippen LogP contribution in [0, 0.1) is 13.8 Å². The number of urea groups is 1. The van der Waals surface area contributed by atoms with Gasteiger partial charge in [0.2, 0.25) is 0 Å². The van der Waals surface area contributed by atoms with E-state index in [9.17, 15) is 14.7 Å². The van der Waals surface area contributed by atoms with E-state index in [2.05, 4.69) is 25.7 Å². The summed E-state index contributed by atoms with van der Waals surface area (Å²) in [6.45, 7) is 7.74. The number of hydrazone groups is 1. The summed E-state index contributed by atoms with van der Waals surface area (Å²) in [6.07, 6.45) is 0.561. The number of methoxy groups -OCH3 is 1. The average Bonchev–Trinajstić information content (AvgIpc) is 3.24. The first-order valence-corrected chi connectivity index (χ1v) is 13.2. The van der Waals surface area contributed by atoms with Crippen LogP contribution in [-0.2, 0) is 9.53 Å². The summed E-state index contributed by atoms with van der Waals surface area (Å²) >= 11 is 0. The minimum atomic E-state index is -1.10. The quantitative estimate of drug-likeness (QED) is 0.122. The van der Waals surface area contributed by atoms with Gasteiger partial charge in [0.1, 0.15) is 6.61 Å². The molecule has 0 bridgehead atoms. The van der Waals surface area contributed by atoms with Gasteiger partial charge in [0.05, 0.1) is 31.5 Å². The Bertz CT molecular complexity index is 1460. The fourth-order valence-electron chi connectivity index (χ4n) is 4.71. The number of carbonyl (C=O) groups is 2. The Morgan fingerprint density at radius 3 is 2.59 bits per heavy atom. The highest BCUT2D eigenvalue weighted by Gasteiger charge is 2.32. The topological polar surface area (TPSA) is 135 Å². The fraction of sp³-hybridized carbons (Fsp3) is 0.300. The Morgan fingerprint density at radius 2 is 1.88 bits per heavy atom. The number of nitrogens with one attached hydrogen (secondary N) is 3. The van der Waals surface area contributed by atoms with Crippen molar-refractivity contribution in [2.45, 2.75) is 40.0 Å². The first-order chi connectivity index (χ1) is 19.7. The Labute approximate surface area is 238 Å². The molecular formula is C30H35N5O6. The molecule has 4 N–H and O–H groups in total. The molecule has 0 spiro atoms. The highest BCUT2D eigenvalue weighted by atomic mass is 16.5. The molecule has 2 heterocycles. The number of rotatable bonds is 11. The van der Waals surface area contributed by atoms with Crippen molar-refractivity contribution in [2.24, 2.45) is 5.10 Å². The second kappa shape index (κ2) is 13.1. The van der Waals surface area contributed by atoms with Crippen molar-refractivity contribution in [1.29, 1.82) is 0 Å². The number of ether oxygens (including phenoxy) is 3. The number of benzene rings is 2. The van der Waals surface area contributed by atoms with Crippen LogP contribution in [0.15, 0.2) is 71.0 Å². The van der Waals surface area contributed by atoms with Crippen LogP contribution in [-0.4, -0.2) is 54.4 Å². The third kappa shape index (κ3) is 6.69. The molecule has 11 heteroatoms. The van der Waals surface area contributed by atoms with E-state index in [0.717, 1.165) is 22.6 Å². The molecule has 0 fully saturated rings. The van der Waals surface area contributed by atoms with Crippen molar-refractivity contribution in [1.82, 2.24) is 20.6 Å². The second-order valence-corrected chi connectivity index (χ2v) is 9.41. The van der Waals surface area contributed by atoms with Crippen LogP contribution in [0.1, 0.15) is 42.4 Å². The minimum Gasteiger partial charge on any atom is -0.490 e. The van der Waals surface area contributed by atoms with Gasteiger partial charge in [0, 0.05) is 28.3 Å². The smallest absolute Gasteiger partial charge is 0.337 e. The second-order valence-electron chi connectivity index (χ2n) is 9.41. The molecule has 2 atom stereocenters. The van der Waals surface area contributed by atoms with Gasteiger partial charge in [-0.3, -0.25) is 5.43 Å². The normalized spacial score (nSPS) is 15.8. The van der Waals surface area contributed by atoms with Crippen molar-refractivity contribution < 1.29 is 28.9 Å². The van der Waals surface area contributed by atoms with Crippen LogP contribution in [0.3, 0.4) is 0 Å². The number of esters is 1. The Morgan fingerprint density at radius 1 is 1.12 bits per heavy atom. The van der Waals surface area contributed by atoms with Gasteiger partial charge in [-0.05, 0) is 63.6 Å². The monoisotopic (exact) mass is 561 g/mol. The van der Waals surface area contributed by atoms with Gasteiger partial charge in [-0.1, -0.05) is 24.3 Å². The summed E-state index contributed by atoms with van der Waals surface area (Å²) in [6, 6.07) is 16.0. The van der Waals surface area contributed by atoms with E-state index in [1.54, 1.807) is 31.3 Å². The molecule has 1 aliphatic rings. The first-order valence-electron chi connectivity index (χ1n) is 13.2. The molecule has 0 aliphatic carbocycles. The Balaban J connectivity index is 1.43. The van der Waals surface area contributed by atoms with Crippen molar-refractivity contribution >= 4 is 18.2 Å². The highest BCUT2D eigenvalue weighted by molar-refractivity contribution is 5.95. The van der Waals surface area contributed by atoms with Crippen LogP contribution in [0.5, 0.6) is 11.5 Å². The van der Waals surface area contributed by atoms with Crippen LogP contribution >= 0.6 is 0 Å². The van der Waals surface area contributed by atoms with Crippen LogP contribution in [0.4, 0.5) is 4.79 Å². The number of aromatic nitrogens is 1. The molecule has 0 saturated carbocycles. The number of allylic oxidation sites excluding steroid dienone is 1. The van der Waals surface area contributed by atoms with Crippen LogP contribution in [0.25, 0.3) is 5.69 Å². The molecule has 0 radical (unpaired) electrons. The lowest BCUT2D eigenvalue weighted by atomic mass is 9.95. The number of hydrogen-bond acceptors (Lipinski definition) is 8. The summed E-state index contributed by atoms with van der Waals surface area (Å²) in [5.41, 5.74) is 8.05. The molecule has 1 aromatic heterocycles. The Kier molecular flexibility index (Phi) is 9.30. The first kappa shape index (κ1) is 29.2. The number of aryl methyl sites for hydroxylation is 1. The van der Waals surface area contributed by atoms with Gasteiger partial charge < -0.3 is 34.5 Å². The molecule has 2 amide bonds. The lowest BCUT2D eigenvalue weighted by molar-refractivity contribution is -0.136. The number of para-hydroxylation sites is 1. The Hall–Kier alpha value is -4.77. The molecule has 0 saturated heterocycles. The van der Waals surface area contributed by atoms with E-state index in [1.807, 2.05) is 57.2 Å². The number of amides is 2. The SMILES string of the molecule is CCOc1cc([C@@H]2NC(=O)NC(C)=C2C(=O)OC)ccc1OC[C@@H](O)N/N=C/c1cc(C)n(-c2ccccc2)c1C. The average molecular weight is 562 g/mol. The third-order valence-electron chi connectivity index (χ3n) is 6.58. The highest BCUT2D eigenvalue weighted by Crippen LogP contribution is 2.35. The predicted molar refractivity (Wildman–Crippen MR) is 154 cm³/mol.